The molecule has 0 radical (unpaired) electrons. The van der Waals surface area contributed by atoms with Crippen molar-refractivity contribution in [3.05, 3.63) is 29.3 Å². The molecule has 0 bridgehead atoms. The van der Waals surface area contributed by atoms with Gasteiger partial charge in [-0.1, -0.05) is 12.1 Å². The van der Waals surface area contributed by atoms with E-state index in [1.807, 2.05) is 0 Å². The number of amides is 2. The van der Waals surface area contributed by atoms with Crippen LogP contribution in [0.3, 0.4) is 0 Å². The van der Waals surface area contributed by atoms with E-state index < -0.39 is 10.0 Å². The van der Waals surface area contributed by atoms with Gasteiger partial charge in [0.15, 0.2) is 0 Å². The lowest BCUT2D eigenvalue weighted by atomic mass is 10.1. The molecule has 8 nitrogen and oxygen atoms in total. The summed E-state index contributed by atoms with van der Waals surface area (Å²) in [7, 11) is -1.97. The predicted molar refractivity (Wildman–Crippen MR) is 89.5 cm³/mol. The lowest BCUT2D eigenvalue weighted by Crippen LogP contribution is -2.43. The highest BCUT2D eigenvalue weighted by atomic mass is 32.2. The molecule has 3 N–H and O–H groups in total. The van der Waals surface area contributed by atoms with Gasteiger partial charge in [0.2, 0.25) is 0 Å². The summed E-state index contributed by atoms with van der Waals surface area (Å²) in [4.78, 5) is 13.6. The maximum absolute atomic E-state index is 11.8. The lowest BCUT2D eigenvalue weighted by Gasteiger charge is -2.25. The predicted octanol–water partition coefficient (Wildman–Crippen LogP) is 0.418. The van der Waals surface area contributed by atoms with Crippen LogP contribution in [0.4, 0.5) is 4.79 Å². The first-order valence-corrected chi connectivity index (χ1v) is 9.34. The first-order valence-electron chi connectivity index (χ1n) is 7.73. The Hall–Kier alpha value is -2.29. The van der Waals surface area contributed by atoms with Crippen LogP contribution in [0.15, 0.2) is 22.6 Å². The number of sulfonamides is 1. The molecule has 1 aromatic rings. The van der Waals surface area contributed by atoms with Gasteiger partial charge in [-0.2, -0.15) is 0 Å². The van der Waals surface area contributed by atoms with E-state index in [4.69, 9.17) is 10.5 Å². The van der Waals surface area contributed by atoms with Gasteiger partial charge in [-0.05, 0) is 24.5 Å². The third kappa shape index (κ3) is 3.16. The van der Waals surface area contributed by atoms with Crippen molar-refractivity contribution < 1.29 is 17.9 Å². The Balaban J connectivity index is 1.79. The quantitative estimate of drug-likeness (QED) is 0.818. The van der Waals surface area contributed by atoms with E-state index in [0.717, 1.165) is 12.8 Å². The van der Waals surface area contributed by atoms with E-state index in [1.165, 1.54) is 0 Å². The molecule has 0 aromatic heterocycles. The summed E-state index contributed by atoms with van der Waals surface area (Å²) < 4.78 is 32.8. The molecule has 0 aliphatic carbocycles. The second-order valence-corrected chi connectivity index (χ2v) is 7.48. The van der Waals surface area contributed by atoms with Gasteiger partial charge >= 0.3 is 6.03 Å². The number of rotatable bonds is 3. The van der Waals surface area contributed by atoms with Gasteiger partial charge in [0.25, 0.3) is 10.0 Å². The number of amidine groups is 1. The molecule has 1 aromatic carbocycles. The van der Waals surface area contributed by atoms with Crippen molar-refractivity contribution >= 4 is 21.9 Å². The smallest absolute Gasteiger partial charge is 0.317 e. The Bertz CT molecular complexity index is 791. The SMILES string of the molecule is CNC(=O)N1CCC[C@H]1COc1cccc2c1C(N)=NS(=O)(=O)C2. The molecule has 24 heavy (non-hydrogen) atoms. The third-order valence-corrected chi connectivity index (χ3v) is 5.38. The van der Waals surface area contributed by atoms with Gasteiger partial charge in [-0.25, -0.2) is 13.2 Å². The highest BCUT2D eigenvalue weighted by Crippen LogP contribution is 2.29. The molecular weight excluding hydrogens is 332 g/mol. The van der Waals surface area contributed by atoms with Crippen LogP contribution < -0.4 is 15.8 Å². The van der Waals surface area contributed by atoms with Gasteiger partial charge in [-0.15, -0.1) is 4.40 Å². The zero-order chi connectivity index (χ0) is 17.3. The molecule has 1 fully saturated rings. The van der Waals surface area contributed by atoms with E-state index in [9.17, 15) is 13.2 Å². The number of fused-ring (bicyclic) bond motifs is 1. The number of carbonyl (C=O) groups is 1. The van der Waals surface area contributed by atoms with Crippen molar-refractivity contribution in [1.82, 2.24) is 10.2 Å². The van der Waals surface area contributed by atoms with Crippen LogP contribution in [0.1, 0.15) is 24.0 Å². The average molecular weight is 352 g/mol. The van der Waals surface area contributed by atoms with Crippen molar-refractivity contribution in [3.8, 4) is 5.75 Å². The van der Waals surface area contributed by atoms with Gasteiger partial charge in [0.1, 0.15) is 18.2 Å². The van der Waals surface area contributed by atoms with Crippen LogP contribution in [-0.2, 0) is 15.8 Å². The fourth-order valence-corrected chi connectivity index (χ4v) is 4.23. The summed E-state index contributed by atoms with van der Waals surface area (Å²) in [5, 5.41) is 2.63. The van der Waals surface area contributed by atoms with E-state index in [2.05, 4.69) is 9.71 Å². The molecular formula is C15H20N4O4S. The lowest BCUT2D eigenvalue weighted by molar-refractivity contribution is 0.167. The number of hydrogen-bond acceptors (Lipinski definition) is 5. The highest BCUT2D eigenvalue weighted by molar-refractivity contribution is 7.89. The molecule has 1 saturated heterocycles. The zero-order valence-corrected chi connectivity index (χ0v) is 14.2. The second-order valence-electron chi connectivity index (χ2n) is 5.85. The standard InChI is InChI=1S/C15H20N4O4S/c1-17-15(20)19-7-3-5-11(19)8-23-12-6-2-4-10-9-24(21,22)18-14(16)13(10)12/h2,4,6,11H,3,5,7-9H2,1H3,(H2,16,18)(H,17,20)/t11-/m0/s1. The van der Waals surface area contributed by atoms with Gasteiger partial charge in [0, 0.05) is 13.6 Å². The summed E-state index contributed by atoms with van der Waals surface area (Å²) in [6.45, 7) is 1.02. The molecule has 0 spiro atoms. The maximum Gasteiger partial charge on any atom is 0.317 e. The molecule has 2 heterocycles. The van der Waals surface area contributed by atoms with Crippen LogP contribution in [0.25, 0.3) is 0 Å². The zero-order valence-electron chi connectivity index (χ0n) is 13.4. The van der Waals surface area contributed by atoms with E-state index >= 15 is 0 Å². The molecule has 130 valence electrons. The molecule has 9 heteroatoms. The van der Waals surface area contributed by atoms with E-state index in [-0.39, 0.29) is 23.7 Å². The van der Waals surface area contributed by atoms with Crippen LogP contribution in [0.5, 0.6) is 5.75 Å². The van der Waals surface area contributed by atoms with Crippen molar-refractivity contribution in [2.75, 3.05) is 20.2 Å². The van der Waals surface area contributed by atoms with Crippen molar-refractivity contribution in [1.29, 1.82) is 0 Å². The average Bonchev–Trinajstić information content (AvgIpc) is 2.99. The molecule has 3 rings (SSSR count). The minimum atomic E-state index is -3.57. The topological polar surface area (TPSA) is 114 Å². The number of hydrogen-bond donors (Lipinski definition) is 2. The number of benzene rings is 1. The Labute approximate surface area is 140 Å². The second kappa shape index (κ2) is 6.31. The van der Waals surface area contributed by atoms with Crippen molar-refractivity contribution in [2.24, 2.45) is 10.1 Å². The molecule has 0 unspecified atom stereocenters. The summed E-state index contributed by atoms with van der Waals surface area (Å²) in [5.41, 5.74) is 6.92. The number of nitrogens with zero attached hydrogens (tertiary/aromatic N) is 2. The Kier molecular flexibility index (Phi) is 4.35. The Morgan fingerprint density at radius 3 is 3.04 bits per heavy atom. The van der Waals surface area contributed by atoms with Crippen molar-refractivity contribution in [2.45, 2.75) is 24.6 Å². The summed E-state index contributed by atoms with van der Waals surface area (Å²) in [6, 6.07) is 5.02. The number of nitrogens with one attached hydrogen (secondary N) is 1. The maximum atomic E-state index is 11.8. The van der Waals surface area contributed by atoms with Crippen LogP contribution >= 0.6 is 0 Å². The molecule has 0 saturated carbocycles. The fraction of sp³-hybridized carbons (Fsp3) is 0.467. The molecule has 2 amide bonds. The fourth-order valence-electron chi connectivity index (χ4n) is 3.14. The number of urea groups is 1. The van der Waals surface area contributed by atoms with E-state index in [0.29, 0.717) is 30.0 Å². The molecule has 2 aliphatic heterocycles. The summed E-state index contributed by atoms with van der Waals surface area (Å²) >= 11 is 0. The highest BCUT2D eigenvalue weighted by Gasteiger charge is 2.30. The number of ether oxygens (including phenoxy) is 1. The molecule has 2 aliphatic rings. The normalized spacial score (nSPS) is 21.8. The minimum absolute atomic E-state index is 0.0220. The van der Waals surface area contributed by atoms with Gasteiger partial charge < -0.3 is 20.7 Å². The van der Waals surface area contributed by atoms with Crippen LogP contribution in [-0.4, -0.2) is 51.4 Å². The minimum Gasteiger partial charge on any atom is -0.491 e. The van der Waals surface area contributed by atoms with Gasteiger partial charge in [-0.3, -0.25) is 0 Å². The van der Waals surface area contributed by atoms with Gasteiger partial charge in [0.05, 0.1) is 17.4 Å². The largest absolute Gasteiger partial charge is 0.491 e. The Morgan fingerprint density at radius 2 is 2.29 bits per heavy atom. The first-order chi connectivity index (χ1) is 11.4. The Morgan fingerprint density at radius 1 is 1.50 bits per heavy atom. The monoisotopic (exact) mass is 352 g/mol. The number of carbonyl (C=O) groups excluding carboxylic acids is 1. The third-order valence-electron chi connectivity index (χ3n) is 4.23. The molecule has 1 atom stereocenters. The van der Waals surface area contributed by atoms with E-state index in [1.54, 1.807) is 30.1 Å². The van der Waals surface area contributed by atoms with Crippen molar-refractivity contribution in [3.63, 3.8) is 0 Å². The summed E-state index contributed by atoms with van der Waals surface area (Å²) in [6.07, 6.45) is 1.79. The van der Waals surface area contributed by atoms with Crippen LogP contribution in [0.2, 0.25) is 0 Å². The number of likely N-dealkylation sites (tertiary alicyclic amines) is 1. The van der Waals surface area contributed by atoms with Crippen LogP contribution in [0, 0.1) is 0 Å². The summed E-state index contributed by atoms with van der Waals surface area (Å²) in [5.74, 6) is 0.252. The number of nitrogens with two attached hydrogens (primary N) is 1. The first kappa shape index (κ1) is 16.6.